The Morgan fingerprint density at radius 3 is 2.24 bits per heavy atom. The third-order valence-corrected chi connectivity index (χ3v) is 4.81. The van der Waals surface area contributed by atoms with Gasteiger partial charge in [0.2, 0.25) is 15.9 Å². The van der Waals surface area contributed by atoms with Crippen molar-refractivity contribution in [3.63, 3.8) is 0 Å². The van der Waals surface area contributed by atoms with E-state index in [0.29, 0.717) is 17.8 Å². The molecule has 0 saturated heterocycles. The number of carbonyl (C=O) groups is 1. The topological polar surface area (TPSA) is 66.5 Å². The second-order valence-electron chi connectivity index (χ2n) is 5.83. The molecule has 0 atom stereocenters. The van der Waals surface area contributed by atoms with E-state index in [9.17, 15) is 17.6 Å². The van der Waals surface area contributed by atoms with Gasteiger partial charge in [-0.3, -0.25) is 9.10 Å². The maximum Gasteiger partial charge on any atom is 0.232 e. The van der Waals surface area contributed by atoms with Gasteiger partial charge in [0.1, 0.15) is 5.82 Å². The smallest absolute Gasteiger partial charge is 0.232 e. The number of rotatable bonds is 7. The fourth-order valence-corrected chi connectivity index (χ4v) is 3.30. The van der Waals surface area contributed by atoms with Crippen molar-refractivity contribution in [2.45, 2.75) is 19.8 Å². The Hall–Kier alpha value is -2.41. The van der Waals surface area contributed by atoms with Crippen LogP contribution in [0.2, 0.25) is 0 Å². The molecule has 0 aliphatic carbocycles. The summed E-state index contributed by atoms with van der Waals surface area (Å²) in [7, 11) is -3.51. The molecule has 0 aromatic heterocycles. The number of hydrogen-bond acceptors (Lipinski definition) is 3. The first kappa shape index (κ1) is 18.9. The van der Waals surface area contributed by atoms with Gasteiger partial charge in [0.15, 0.2) is 0 Å². The molecule has 25 heavy (non-hydrogen) atoms. The van der Waals surface area contributed by atoms with Gasteiger partial charge >= 0.3 is 0 Å². The molecule has 134 valence electrons. The third kappa shape index (κ3) is 5.86. The second-order valence-corrected chi connectivity index (χ2v) is 7.74. The van der Waals surface area contributed by atoms with Crippen LogP contribution in [-0.4, -0.2) is 27.1 Å². The van der Waals surface area contributed by atoms with Gasteiger partial charge in [0.25, 0.3) is 0 Å². The van der Waals surface area contributed by atoms with Crippen LogP contribution in [0.1, 0.15) is 18.4 Å². The van der Waals surface area contributed by atoms with Gasteiger partial charge in [0, 0.05) is 18.7 Å². The summed E-state index contributed by atoms with van der Waals surface area (Å²) in [5, 5.41) is 2.77. The first-order chi connectivity index (χ1) is 11.8. The van der Waals surface area contributed by atoms with E-state index in [-0.39, 0.29) is 18.9 Å². The molecule has 0 aliphatic heterocycles. The van der Waals surface area contributed by atoms with E-state index in [1.165, 1.54) is 28.6 Å². The number of benzene rings is 2. The van der Waals surface area contributed by atoms with E-state index in [1.54, 1.807) is 0 Å². The fraction of sp³-hybridized carbons (Fsp3) is 0.278. The molecule has 1 N–H and O–H groups in total. The monoisotopic (exact) mass is 364 g/mol. The Bertz CT molecular complexity index is 818. The van der Waals surface area contributed by atoms with E-state index in [4.69, 9.17) is 0 Å². The van der Waals surface area contributed by atoms with Crippen molar-refractivity contribution >= 4 is 27.3 Å². The molecule has 0 bridgehead atoms. The molecule has 1 amide bonds. The van der Waals surface area contributed by atoms with Crippen molar-refractivity contribution < 1.29 is 17.6 Å². The number of nitrogens with one attached hydrogen (secondary N) is 1. The van der Waals surface area contributed by atoms with Gasteiger partial charge < -0.3 is 5.32 Å². The summed E-state index contributed by atoms with van der Waals surface area (Å²) in [5.41, 5.74) is 2.18. The minimum absolute atomic E-state index is 0.145. The average Bonchev–Trinajstić information content (AvgIpc) is 2.54. The maximum absolute atomic E-state index is 13.0. The number of amides is 1. The molecule has 0 aliphatic rings. The molecule has 0 spiro atoms. The molecule has 2 aromatic carbocycles. The lowest BCUT2D eigenvalue weighted by Crippen LogP contribution is -2.31. The van der Waals surface area contributed by atoms with Gasteiger partial charge in [-0.25, -0.2) is 12.8 Å². The van der Waals surface area contributed by atoms with E-state index in [1.807, 2.05) is 31.2 Å². The van der Waals surface area contributed by atoms with Crippen LogP contribution in [-0.2, 0) is 14.8 Å². The van der Waals surface area contributed by atoms with Crippen LogP contribution in [0.25, 0.3) is 0 Å². The zero-order chi connectivity index (χ0) is 18.4. The number of aryl methyl sites for hydroxylation is 1. The van der Waals surface area contributed by atoms with Crippen molar-refractivity contribution in [2.75, 3.05) is 22.4 Å². The zero-order valence-electron chi connectivity index (χ0n) is 14.2. The Morgan fingerprint density at radius 1 is 1.08 bits per heavy atom. The summed E-state index contributed by atoms with van der Waals surface area (Å²) in [6.45, 7) is 2.10. The van der Waals surface area contributed by atoms with Crippen LogP contribution in [0.4, 0.5) is 15.8 Å². The lowest BCUT2D eigenvalue weighted by atomic mass is 10.2. The first-order valence-electron chi connectivity index (χ1n) is 7.85. The van der Waals surface area contributed by atoms with E-state index >= 15 is 0 Å². The standard InChI is InChI=1S/C18H21FN2O3S/c1-14-5-9-16(10-6-14)20-18(22)4-3-13-21(25(2,23)24)17-11-7-15(19)8-12-17/h5-12H,3-4,13H2,1-2H3,(H,20,22). The fourth-order valence-electron chi connectivity index (χ4n) is 2.34. The van der Waals surface area contributed by atoms with Crippen LogP contribution in [0.5, 0.6) is 0 Å². The molecule has 2 aromatic rings. The van der Waals surface area contributed by atoms with E-state index in [2.05, 4.69) is 5.32 Å². The Kier molecular flexibility index (Phi) is 6.14. The molecular weight excluding hydrogens is 343 g/mol. The first-order valence-corrected chi connectivity index (χ1v) is 9.70. The molecular formula is C18H21FN2O3S. The van der Waals surface area contributed by atoms with E-state index < -0.39 is 15.8 Å². The van der Waals surface area contributed by atoms with Crippen molar-refractivity contribution in [1.82, 2.24) is 0 Å². The molecule has 0 heterocycles. The third-order valence-electron chi connectivity index (χ3n) is 3.62. The Morgan fingerprint density at radius 2 is 1.68 bits per heavy atom. The second kappa shape index (κ2) is 8.11. The lowest BCUT2D eigenvalue weighted by Gasteiger charge is -2.22. The lowest BCUT2D eigenvalue weighted by molar-refractivity contribution is -0.116. The number of anilines is 2. The summed E-state index contributed by atoms with van der Waals surface area (Å²) in [4.78, 5) is 12.0. The van der Waals surface area contributed by atoms with Crippen LogP contribution >= 0.6 is 0 Å². The molecule has 2 rings (SSSR count). The molecule has 7 heteroatoms. The highest BCUT2D eigenvalue weighted by Crippen LogP contribution is 2.19. The van der Waals surface area contributed by atoms with Gasteiger partial charge in [-0.15, -0.1) is 0 Å². The SMILES string of the molecule is Cc1ccc(NC(=O)CCCN(c2ccc(F)cc2)S(C)(=O)=O)cc1. The van der Waals surface area contributed by atoms with Crippen molar-refractivity contribution in [3.05, 3.63) is 59.9 Å². The van der Waals surface area contributed by atoms with Crippen molar-refractivity contribution in [3.8, 4) is 0 Å². The van der Waals surface area contributed by atoms with Crippen LogP contribution in [0.15, 0.2) is 48.5 Å². The summed E-state index contributed by atoms with van der Waals surface area (Å²) in [6, 6.07) is 12.6. The minimum atomic E-state index is -3.51. The summed E-state index contributed by atoms with van der Waals surface area (Å²) >= 11 is 0. The summed E-state index contributed by atoms with van der Waals surface area (Å²) in [6.07, 6.45) is 1.62. The largest absolute Gasteiger partial charge is 0.326 e. The molecule has 0 saturated carbocycles. The van der Waals surface area contributed by atoms with Gasteiger partial charge in [-0.2, -0.15) is 0 Å². The molecule has 0 radical (unpaired) electrons. The number of nitrogens with zero attached hydrogens (tertiary/aromatic N) is 1. The predicted molar refractivity (Wildman–Crippen MR) is 97.6 cm³/mol. The highest BCUT2D eigenvalue weighted by atomic mass is 32.2. The predicted octanol–water partition coefficient (Wildman–Crippen LogP) is 3.32. The Labute approximate surface area is 147 Å². The quantitative estimate of drug-likeness (QED) is 0.820. The van der Waals surface area contributed by atoms with Crippen LogP contribution in [0, 0.1) is 12.7 Å². The molecule has 5 nitrogen and oxygen atoms in total. The summed E-state index contributed by atoms with van der Waals surface area (Å²) in [5.74, 6) is -0.619. The van der Waals surface area contributed by atoms with Crippen molar-refractivity contribution in [1.29, 1.82) is 0 Å². The summed E-state index contributed by atoms with van der Waals surface area (Å²) < 4.78 is 38.1. The van der Waals surface area contributed by atoms with Crippen molar-refractivity contribution in [2.24, 2.45) is 0 Å². The highest BCUT2D eigenvalue weighted by molar-refractivity contribution is 7.92. The number of halogens is 1. The van der Waals surface area contributed by atoms with E-state index in [0.717, 1.165) is 11.8 Å². The number of sulfonamides is 1. The Balaban J connectivity index is 1.93. The maximum atomic E-state index is 13.0. The highest BCUT2D eigenvalue weighted by Gasteiger charge is 2.17. The molecule has 0 unspecified atom stereocenters. The minimum Gasteiger partial charge on any atom is -0.326 e. The van der Waals surface area contributed by atoms with Crippen LogP contribution in [0.3, 0.4) is 0 Å². The zero-order valence-corrected chi connectivity index (χ0v) is 15.0. The number of hydrogen-bond donors (Lipinski definition) is 1. The normalized spacial score (nSPS) is 11.2. The van der Waals surface area contributed by atoms with Gasteiger partial charge in [-0.05, 0) is 49.7 Å². The van der Waals surface area contributed by atoms with Crippen LogP contribution < -0.4 is 9.62 Å². The average molecular weight is 364 g/mol. The van der Waals surface area contributed by atoms with Gasteiger partial charge in [-0.1, -0.05) is 17.7 Å². The molecule has 0 fully saturated rings. The van der Waals surface area contributed by atoms with Gasteiger partial charge in [0.05, 0.1) is 11.9 Å². The number of carbonyl (C=O) groups excluding carboxylic acids is 1.